The van der Waals surface area contributed by atoms with Gasteiger partial charge in [-0.2, -0.15) is 5.26 Å². The Morgan fingerprint density at radius 3 is 2.94 bits per heavy atom. The molecule has 1 aliphatic rings. The quantitative estimate of drug-likeness (QED) is 0.598. The van der Waals surface area contributed by atoms with Crippen molar-refractivity contribution in [1.82, 2.24) is 15.3 Å². The molecule has 2 rings (SSSR count). The molecule has 0 bridgehead atoms. The van der Waals surface area contributed by atoms with E-state index in [1.54, 1.807) is 6.07 Å². The molecule has 0 unspecified atom stereocenters. The van der Waals surface area contributed by atoms with Gasteiger partial charge in [-0.3, -0.25) is 0 Å². The number of rotatable bonds is 2. The summed E-state index contributed by atoms with van der Waals surface area (Å²) in [5.41, 5.74) is -0.938. The maximum absolute atomic E-state index is 10.2. The van der Waals surface area contributed by atoms with E-state index in [0.29, 0.717) is 18.7 Å². The predicted octanol–water partition coefficient (Wildman–Crippen LogP) is -0.168. The molecule has 84 valence electrons. The predicted molar refractivity (Wildman–Crippen MR) is 57.4 cm³/mol. The van der Waals surface area contributed by atoms with Gasteiger partial charge in [-0.1, -0.05) is 0 Å². The van der Waals surface area contributed by atoms with Gasteiger partial charge in [0, 0.05) is 19.0 Å². The minimum absolute atomic E-state index is 0.0996. The molecule has 1 aromatic heterocycles. The molecule has 1 saturated heterocycles. The molecule has 0 atom stereocenters. The first kappa shape index (κ1) is 10.8. The number of piperidine rings is 1. The van der Waals surface area contributed by atoms with Gasteiger partial charge in [-0.25, -0.2) is 9.97 Å². The molecule has 6 heteroatoms. The van der Waals surface area contributed by atoms with E-state index < -0.39 is 5.72 Å². The molecule has 0 spiro atoms. The average Bonchev–Trinajstić information content (AvgIpc) is 2.29. The summed E-state index contributed by atoms with van der Waals surface area (Å²) in [7, 11) is 0. The lowest BCUT2D eigenvalue weighted by molar-refractivity contribution is 0.0379. The first-order chi connectivity index (χ1) is 7.72. The highest BCUT2D eigenvalue weighted by Crippen LogP contribution is 2.19. The van der Waals surface area contributed by atoms with E-state index in [-0.39, 0.29) is 5.82 Å². The Kier molecular flexibility index (Phi) is 2.99. The van der Waals surface area contributed by atoms with E-state index >= 15 is 0 Å². The first-order valence-corrected chi connectivity index (χ1v) is 5.16. The largest absolute Gasteiger partial charge is 0.371 e. The second kappa shape index (κ2) is 4.43. The molecule has 1 fully saturated rings. The molecule has 1 aromatic rings. The van der Waals surface area contributed by atoms with Crippen LogP contribution in [0.3, 0.4) is 0 Å². The third-order valence-corrected chi connectivity index (χ3v) is 2.55. The lowest BCUT2D eigenvalue weighted by Crippen LogP contribution is -2.47. The van der Waals surface area contributed by atoms with Crippen LogP contribution in [0.2, 0.25) is 0 Å². The summed E-state index contributed by atoms with van der Waals surface area (Å²) >= 11 is 0. The van der Waals surface area contributed by atoms with Crippen molar-refractivity contribution >= 4 is 5.82 Å². The Morgan fingerprint density at radius 1 is 1.50 bits per heavy atom. The summed E-state index contributed by atoms with van der Waals surface area (Å²) in [5, 5.41) is 25.0. The van der Waals surface area contributed by atoms with Crippen LogP contribution in [0.5, 0.6) is 0 Å². The standard InChI is InChI=1S/C10H13N5O/c11-7-9-13-4-1-8(14-9)15-10(16)2-5-12-6-3-10/h1,4,12,16H,2-3,5-6H2,(H,13,14,15). The maximum atomic E-state index is 10.2. The number of hydrogen-bond donors (Lipinski definition) is 3. The summed E-state index contributed by atoms with van der Waals surface area (Å²) in [6.07, 6.45) is 2.72. The van der Waals surface area contributed by atoms with Gasteiger partial charge in [0.1, 0.15) is 17.6 Å². The van der Waals surface area contributed by atoms with Gasteiger partial charge in [-0.15, -0.1) is 0 Å². The summed E-state index contributed by atoms with van der Waals surface area (Å²) in [6, 6.07) is 3.50. The highest BCUT2D eigenvalue weighted by molar-refractivity contribution is 5.37. The molecule has 1 aliphatic heterocycles. The number of anilines is 1. The van der Waals surface area contributed by atoms with E-state index in [4.69, 9.17) is 5.26 Å². The molecule has 6 nitrogen and oxygen atoms in total. The Morgan fingerprint density at radius 2 is 2.25 bits per heavy atom. The second-order valence-electron chi connectivity index (χ2n) is 3.78. The Hall–Kier alpha value is -1.71. The molecule has 0 amide bonds. The number of nitrogens with zero attached hydrogens (tertiary/aromatic N) is 3. The first-order valence-electron chi connectivity index (χ1n) is 5.16. The lowest BCUT2D eigenvalue weighted by Gasteiger charge is -2.33. The van der Waals surface area contributed by atoms with E-state index in [9.17, 15) is 5.11 Å². The van der Waals surface area contributed by atoms with Crippen LogP contribution in [0, 0.1) is 11.3 Å². The van der Waals surface area contributed by atoms with Crippen LogP contribution >= 0.6 is 0 Å². The molecule has 0 aliphatic carbocycles. The van der Waals surface area contributed by atoms with Crippen molar-refractivity contribution in [3.8, 4) is 6.07 Å². The van der Waals surface area contributed by atoms with Gasteiger partial charge in [0.25, 0.3) is 0 Å². The molecule has 0 radical (unpaired) electrons. The van der Waals surface area contributed by atoms with E-state index in [1.165, 1.54) is 6.20 Å². The lowest BCUT2D eigenvalue weighted by atomic mass is 10.0. The summed E-state index contributed by atoms with van der Waals surface area (Å²) in [5.74, 6) is 0.582. The molecular weight excluding hydrogens is 206 g/mol. The monoisotopic (exact) mass is 219 g/mol. The van der Waals surface area contributed by atoms with E-state index in [0.717, 1.165) is 13.1 Å². The topological polar surface area (TPSA) is 93.9 Å². The van der Waals surface area contributed by atoms with Crippen LogP contribution in [0.25, 0.3) is 0 Å². The number of hydrogen-bond acceptors (Lipinski definition) is 6. The third-order valence-electron chi connectivity index (χ3n) is 2.55. The molecule has 3 N–H and O–H groups in total. The smallest absolute Gasteiger partial charge is 0.234 e. The van der Waals surface area contributed by atoms with Crippen molar-refractivity contribution in [3.05, 3.63) is 18.1 Å². The Bertz CT molecular complexity index is 408. The van der Waals surface area contributed by atoms with Crippen molar-refractivity contribution < 1.29 is 5.11 Å². The van der Waals surface area contributed by atoms with Crippen molar-refractivity contribution in [2.45, 2.75) is 18.6 Å². The van der Waals surface area contributed by atoms with Crippen LogP contribution < -0.4 is 10.6 Å². The highest BCUT2D eigenvalue weighted by Gasteiger charge is 2.29. The number of nitrogens with one attached hydrogen (secondary N) is 2. The zero-order valence-corrected chi connectivity index (χ0v) is 8.77. The molecule has 16 heavy (non-hydrogen) atoms. The average molecular weight is 219 g/mol. The fourth-order valence-corrected chi connectivity index (χ4v) is 1.69. The van der Waals surface area contributed by atoms with Gasteiger partial charge in [0.05, 0.1) is 0 Å². The minimum atomic E-state index is -0.938. The molecular formula is C10H13N5O. The van der Waals surface area contributed by atoms with Crippen molar-refractivity contribution in [2.24, 2.45) is 0 Å². The van der Waals surface area contributed by atoms with Crippen LogP contribution in [-0.4, -0.2) is 33.9 Å². The number of aromatic nitrogens is 2. The Balaban J connectivity index is 2.10. The van der Waals surface area contributed by atoms with Crippen molar-refractivity contribution in [2.75, 3.05) is 18.4 Å². The number of nitriles is 1. The third kappa shape index (κ3) is 2.45. The highest BCUT2D eigenvalue weighted by atomic mass is 16.3. The summed E-state index contributed by atoms with van der Waals surface area (Å²) in [4.78, 5) is 7.73. The van der Waals surface area contributed by atoms with Crippen LogP contribution in [0.1, 0.15) is 18.7 Å². The fraction of sp³-hybridized carbons (Fsp3) is 0.500. The Labute approximate surface area is 93.3 Å². The van der Waals surface area contributed by atoms with Crippen molar-refractivity contribution in [3.63, 3.8) is 0 Å². The summed E-state index contributed by atoms with van der Waals surface area (Å²) in [6.45, 7) is 1.53. The van der Waals surface area contributed by atoms with E-state index in [2.05, 4.69) is 20.6 Å². The van der Waals surface area contributed by atoms with Gasteiger partial charge in [-0.05, 0) is 19.2 Å². The zero-order chi connectivity index (χ0) is 11.4. The fourth-order valence-electron chi connectivity index (χ4n) is 1.69. The second-order valence-corrected chi connectivity index (χ2v) is 3.78. The van der Waals surface area contributed by atoms with Crippen LogP contribution in [0.15, 0.2) is 12.3 Å². The molecule has 0 aromatic carbocycles. The van der Waals surface area contributed by atoms with Crippen LogP contribution in [-0.2, 0) is 0 Å². The van der Waals surface area contributed by atoms with Gasteiger partial charge >= 0.3 is 0 Å². The van der Waals surface area contributed by atoms with Crippen LogP contribution in [0.4, 0.5) is 5.82 Å². The summed E-state index contributed by atoms with van der Waals surface area (Å²) < 4.78 is 0. The molecule has 2 heterocycles. The van der Waals surface area contributed by atoms with Gasteiger partial charge in [0.2, 0.25) is 5.82 Å². The van der Waals surface area contributed by atoms with Crippen molar-refractivity contribution in [1.29, 1.82) is 5.26 Å². The van der Waals surface area contributed by atoms with E-state index in [1.807, 2.05) is 6.07 Å². The zero-order valence-electron chi connectivity index (χ0n) is 8.77. The normalized spacial score (nSPS) is 18.8. The van der Waals surface area contributed by atoms with Gasteiger partial charge in [0.15, 0.2) is 0 Å². The van der Waals surface area contributed by atoms with Gasteiger partial charge < -0.3 is 15.7 Å². The molecule has 0 saturated carbocycles. The minimum Gasteiger partial charge on any atom is -0.371 e. The maximum Gasteiger partial charge on any atom is 0.234 e. The SMILES string of the molecule is N#Cc1nccc(NC2(O)CCNCC2)n1. The number of aliphatic hydroxyl groups is 1.